The first kappa shape index (κ1) is 29.9. The third-order valence-electron chi connectivity index (χ3n) is 7.58. The second kappa shape index (κ2) is 11.6. The third-order valence-corrected chi connectivity index (χ3v) is 11.3. The highest BCUT2D eigenvalue weighted by atomic mass is 32.1. The van der Waals surface area contributed by atoms with Gasteiger partial charge in [0.15, 0.2) is 0 Å². The molecule has 7 nitrogen and oxygen atoms in total. The quantitative estimate of drug-likeness (QED) is 0.293. The number of amides is 1. The molecule has 0 aliphatic heterocycles. The summed E-state index contributed by atoms with van der Waals surface area (Å²) in [5.74, 6) is 5.54. The van der Waals surface area contributed by atoms with Crippen LogP contribution in [0.4, 0.5) is 5.69 Å². The van der Waals surface area contributed by atoms with E-state index in [1.807, 2.05) is 20.8 Å². The molecule has 1 amide bonds. The van der Waals surface area contributed by atoms with Gasteiger partial charge in [-0.05, 0) is 91.0 Å². The summed E-state index contributed by atoms with van der Waals surface area (Å²) < 4.78 is 18.6. The molecule has 2 N–H and O–H groups in total. The van der Waals surface area contributed by atoms with E-state index in [0.717, 1.165) is 37.0 Å². The van der Waals surface area contributed by atoms with E-state index in [1.165, 1.54) is 6.66 Å². The molecule has 2 aliphatic rings. The fraction of sp³-hybridized carbons (Fsp3) is 0.714. The number of carbonyl (C=O) groups is 2. The van der Waals surface area contributed by atoms with E-state index in [1.54, 1.807) is 17.9 Å². The number of hydrogen-bond acceptors (Lipinski definition) is 6. The van der Waals surface area contributed by atoms with Crippen LogP contribution in [0.3, 0.4) is 0 Å². The van der Waals surface area contributed by atoms with E-state index in [0.29, 0.717) is 29.3 Å². The van der Waals surface area contributed by atoms with Crippen molar-refractivity contribution >= 4 is 36.3 Å². The van der Waals surface area contributed by atoms with Gasteiger partial charge in [-0.1, -0.05) is 18.8 Å². The zero-order valence-corrected chi connectivity index (χ0v) is 24.7. The Labute approximate surface area is 225 Å². The Morgan fingerprint density at radius 2 is 1.78 bits per heavy atom. The van der Waals surface area contributed by atoms with Gasteiger partial charge in [-0.3, -0.25) is 9.36 Å². The van der Waals surface area contributed by atoms with Gasteiger partial charge in [0.25, 0.3) is 0 Å². The Bertz CT molecular complexity index is 1090. The molecule has 0 spiro atoms. The maximum atomic E-state index is 14.0. The highest BCUT2D eigenvalue weighted by Gasteiger charge is 2.48. The van der Waals surface area contributed by atoms with Crippen LogP contribution >= 0.6 is 18.7 Å². The van der Waals surface area contributed by atoms with E-state index in [2.05, 4.69) is 18.8 Å². The number of anilines is 1. The molecular formula is C28H42NO6PS. The van der Waals surface area contributed by atoms with Crippen molar-refractivity contribution in [3.63, 3.8) is 0 Å². The molecule has 0 saturated heterocycles. The summed E-state index contributed by atoms with van der Waals surface area (Å²) in [4.78, 5) is 28.7. The first-order valence-electron chi connectivity index (χ1n) is 13.4. The third kappa shape index (κ3) is 7.06. The predicted octanol–water partition coefficient (Wildman–Crippen LogP) is 6.58. The summed E-state index contributed by atoms with van der Waals surface area (Å²) in [6.07, 6.45) is 4.78. The van der Waals surface area contributed by atoms with Crippen LogP contribution in [0.2, 0.25) is 0 Å². The van der Waals surface area contributed by atoms with Crippen LogP contribution in [0, 0.1) is 29.1 Å². The first-order chi connectivity index (χ1) is 17.2. The van der Waals surface area contributed by atoms with E-state index in [9.17, 15) is 24.4 Å². The van der Waals surface area contributed by atoms with E-state index < -0.39 is 18.7 Å². The summed E-state index contributed by atoms with van der Waals surface area (Å²) in [5.41, 5.74) is 0.142. The highest BCUT2D eigenvalue weighted by molar-refractivity contribution is 7.59. The molecule has 1 aromatic rings. The standard InChI is InChI=1S/C28H42NO6PS/c1-7-35-36(6,34)28(33)16-12-21(13-17-28)29(25(30)20-10-8-19(2)9-11-20)23-18-22(14-15-27(3,4)5)37-24(23)26(31)32/h18-21,33H,7-13,16-17H2,1-6H3,(H,31,32)/t19-,20-,21?,28?,36?. The molecule has 206 valence electrons. The minimum Gasteiger partial charge on any atom is -0.477 e. The summed E-state index contributed by atoms with van der Waals surface area (Å²) in [6, 6.07) is 1.44. The summed E-state index contributed by atoms with van der Waals surface area (Å²) >= 11 is 1.09. The summed E-state index contributed by atoms with van der Waals surface area (Å²) in [5, 5.41) is 19.8. The Hall–Kier alpha value is -1.65. The van der Waals surface area contributed by atoms with Crippen molar-refractivity contribution in [2.45, 2.75) is 97.4 Å². The fourth-order valence-corrected chi connectivity index (χ4v) is 7.96. The lowest BCUT2D eigenvalue weighted by Gasteiger charge is -2.43. The SMILES string of the molecule is CCOP(C)(=O)C1(O)CCC(N(c2cc(C#CC(C)(C)C)sc2C(=O)O)C(=O)[C@H]2CC[C@H](C)CC2)CC1. The van der Waals surface area contributed by atoms with Crippen molar-refractivity contribution in [1.82, 2.24) is 0 Å². The normalized spacial score (nSPS) is 28.0. The van der Waals surface area contributed by atoms with E-state index in [4.69, 9.17) is 4.52 Å². The number of aliphatic hydroxyl groups is 1. The average molecular weight is 552 g/mol. The molecule has 37 heavy (non-hydrogen) atoms. The summed E-state index contributed by atoms with van der Waals surface area (Å²) in [6.45, 7) is 11.6. The second-order valence-electron chi connectivity index (χ2n) is 11.8. The Kier molecular flexibility index (Phi) is 9.39. The number of aromatic carboxylic acids is 1. The van der Waals surface area contributed by atoms with Gasteiger partial charge in [0.05, 0.1) is 17.2 Å². The van der Waals surface area contributed by atoms with Crippen LogP contribution in [0.1, 0.15) is 101 Å². The monoisotopic (exact) mass is 551 g/mol. The summed E-state index contributed by atoms with van der Waals surface area (Å²) in [7, 11) is -3.27. The van der Waals surface area contributed by atoms with Crippen LogP contribution in [0.5, 0.6) is 0 Å². The second-order valence-corrected chi connectivity index (χ2v) is 15.6. The minimum absolute atomic E-state index is 0.0533. The zero-order chi connectivity index (χ0) is 27.6. The zero-order valence-electron chi connectivity index (χ0n) is 23.0. The van der Waals surface area contributed by atoms with Gasteiger partial charge in [-0.25, -0.2) is 4.79 Å². The Morgan fingerprint density at radius 1 is 1.19 bits per heavy atom. The molecule has 0 bridgehead atoms. The molecule has 1 atom stereocenters. The molecule has 0 radical (unpaired) electrons. The molecule has 1 unspecified atom stereocenters. The van der Waals surface area contributed by atoms with Crippen molar-refractivity contribution in [1.29, 1.82) is 0 Å². The maximum Gasteiger partial charge on any atom is 0.348 e. The Balaban J connectivity index is 1.99. The van der Waals surface area contributed by atoms with Crippen LogP contribution in [-0.4, -0.2) is 46.7 Å². The van der Waals surface area contributed by atoms with Crippen molar-refractivity contribution in [2.75, 3.05) is 18.2 Å². The fourth-order valence-electron chi connectivity index (χ4n) is 5.32. The molecule has 3 rings (SSSR count). The van der Waals surface area contributed by atoms with Crippen molar-refractivity contribution in [3.05, 3.63) is 15.8 Å². The number of thiophene rings is 1. The smallest absolute Gasteiger partial charge is 0.348 e. The molecule has 9 heteroatoms. The van der Waals surface area contributed by atoms with Gasteiger partial charge >= 0.3 is 5.97 Å². The molecule has 2 saturated carbocycles. The number of carboxylic acid groups (broad SMARTS) is 1. The lowest BCUT2D eigenvalue weighted by Crippen LogP contribution is -2.49. The van der Waals surface area contributed by atoms with Gasteiger partial charge in [-0.15, -0.1) is 11.3 Å². The molecule has 1 aromatic heterocycles. The molecule has 1 heterocycles. The number of rotatable bonds is 7. The lowest BCUT2D eigenvalue weighted by molar-refractivity contribution is -0.124. The predicted molar refractivity (Wildman–Crippen MR) is 149 cm³/mol. The average Bonchev–Trinajstić information content (AvgIpc) is 3.23. The van der Waals surface area contributed by atoms with Gasteiger partial charge < -0.3 is 19.6 Å². The molecule has 2 fully saturated rings. The number of carbonyl (C=O) groups excluding carboxylic acids is 1. The van der Waals surface area contributed by atoms with Gasteiger partial charge in [0, 0.05) is 24.0 Å². The minimum atomic E-state index is -3.27. The van der Waals surface area contributed by atoms with Gasteiger partial charge in [0.1, 0.15) is 10.2 Å². The van der Waals surface area contributed by atoms with Crippen LogP contribution < -0.4 is 4.90 Å². The highest BCUT2D eigenvalue weighted by Crippen LogP contribution is 2.60. The van der Waals surface area contributed by atoms with Crippen molar-refractivity contribution < 1.29 is 28.9 Å². The van der Waals surface area contributed by atoms with Gasteiger partial charge in [-0.2, -0.15) is 0 Å². The molecule has 0 aromatic carbocycles. The van der Waals surface area contributed by atoms with Crippen molar-refractivity contribution in [2.24, 2.45) is 17.3 Å². The topological polar surface area (TPSA) is 104 Å². The van der Waals surface area contributed by atoms with Crippen LogP contribution in [-0.2, 0) is 13.9 Å². The number of nitrogens with zero attached hydrogens (tertiary/aromatic N) is 1. The van der Waals surface area contributed by atoms with Crippen LogP contribution in [0.15, 0.2) is 6.07 Å². The van der Waals surface area contributed by atoms with Crippen molar-refractivity contribution in [3.8, 4) is 11.8 Å². The van der Waals surface area contributed by atoms with E-state index in [-0.39, 0.29) is 47.6 Å². The van der Waals surface area contributed by atoms with E-state index >= 15 is 0 Å². The largest absolute Gasteiger partial charge is 0.477 e. The first-order valence-corrected chi connectivity index (χ1v) is 16.2. The number of carboxylic acids is 1. The Morgan fingerprint density at radius 3 is 2.30 bits per heavy atom. The molecule has 2 aliphatic carbocycles. The van der Waals surface area contributed by atoms with Gasteiger partial charge in [0.2, 0.25) is 13.3 Å². The maximum absolute atomic E-state index is 14.0. The van der Waals surface area contributed by atoms with Crippen LogP contribution in [0.25, 0.3) is 0 Å². The lowest BCUT2D eigenvalue weighted by atomic mass is 9.81. The number of hydrogen-bond donors (Lipinski definition) is 2. The molecular weight excluding hydrogens is 509 g/mol.